The third-order valence-corrected chi connectivity index (χ3v) is 2.66. The monoisotopic (exact) mass is 261 g/mol. The third kappa shape index (κ3) is 3.26. The molecule has 2 nitrogen and oxygen atoms in total. The Labute approximate surface area is 95.2 Å². The number of nitrogens with zero attached hydrogens (tertiary/aromatic N) is 1. The summed E-state index contributed by atoms with van der Waals surface area (Å²) in [6.07, 6.45) is 2.36. The Bertz CT molecular complexity index is 216. The molecule has 0 saturated heterocycles. The minimum absolute atomic E-state index is 0.230. The highest BCUT2D eigenvalue weighted by molar-refractivity contribution is 9.10. The van der Waals surface area contributed by atoms with E-state index in [0.717, 1.165) is 6.54 Å². The van der Waals surface area contributed by atoms with E-state index in [9.17, 15) is 4.79 Å². The topological polar surface area (TPSA) is 20.3 Å². The van der Waals surface area contributed by atoms with Crippen molar-refractivity contribution in [1.82, 2.24) is 4.90 Å². The van der Waals surface area contributed by atoms with E-state index < -0.39 is 4.32 Å². The molecule has 1 aliphatic carbocycles. The van der Waals surface area contributed by atoms with Crippen LogP contribution >= 0.6 is 15.9 Å². The minimum atomic E-state index is -0.412. The number of alkyl halides is 1. The normalized spacial score (nSPS) is 17.3. The molecule has 0 bridgehead atoms. The van der Waals surface area contributed by atoms with Crippen molar-refractivity contribution in [2.75, 3.05) is 6.54 Å². The largest absolute Gasteiger partial charge is 0.338 e. The van der Waals surface area contributed by atoms with Gasteiger partial charge in [-0.1, -0.05) is 29.8 Å². The quantitative estimate of drug-likeness (QED) is 0.713. The van der Waals surface area contributed by atoms with Crippen LogP contribution in [-0.2, 0) is 4.79 Å². The molecular weight excluding hydrogens is 242 g/mol. The predicted octanol–water partition coefficient (Wildman–Crippen LogP) is 2.81. The zero-order valence-corrected chi connectivity index (χ0v) is 11.1. The van der Waals surface area contributed by atoms with Crippen LogP contribution < -0.4 is 0 Å². The summed E-state index contributed by atoms with van der Waals surface area (Å²) >= 11 is 3.44. The SMILES string of the molecule is CC(C)CN(C(=O)C(C)(C)Br)C1CC1. The fourth-order valence-electron chi connectivity index (χ4n) is 1.52. The van der Waals surface area contributed by atoms with Crippen LogP contribution in [0.5, 0.6) is 0 Å². The molecule has 0 aromatic heterocycles. The van der Waals surface area contributed by atoms with Gasteiger partial charge >= 0.3 is 0 Å². The van der Waals surface area contributed by atoms with Gasteiger partial charge in [-0.15, -0.1) is 0 Å². The molecule has 1 rings (SSSR count). The number of amides is 1. The van der Waals surface area contributed by atoms with E-state index in [1.807, 2.05) is 18.7 Å². The summed E-state index contributed by atoms with van der Waals surface area (Å²) in [4.78, 5) is 14.1. The second-order valence-corrected chi connectivity index (χ2v) is 7.04. The highest BCUT2D eigenvalue weighted by Crippen LogP contribution is 2.31. The van der Waals surface area contributed by atoms with E-state index in [0.29, 0.717) is 12.0 Å². The van der Waals surface area contributed by atoms with Gasteiger partial charge in [-0.25, -0.2) is 0 Å². The number of hydrogen-bond donors (Lipinski definition) is 0. The number of carbonyl (C=O) groups is 1. The summed E-state index contributed by atoms with van der Waals surface area (Å²) in [5.41, 5.74) is 0. The maximum atomic E-state index is 12.1. The van der Waals surface area contributed by atoms with Gasteiger partial charge in [0.2, 0.25) is 5.91 Å². The Morgan fingerprint density at radius 1 is 1.50 bits per heavy atom. The Hall–Kier alpha value is -0.0500. The zero-order chi connectivity index (χ0) is 10.9. The second kappa shape index (κ2) is 4.21. The van der Waals surface area contributed by atoms with E-state index in [1.54, 1.807) is 0 Å². The van der Waals surface area contributed by atoms with Crippen molar-refractivity contribution in [3.8, 4) is 0 Å². The van der Waals surface area contributed by atoms with E-state index in [4.69, 9.17) is 0 Å². The Balaban J connectivity index is 2.62. The van der Waals surface area contributed by atoms with Crippen molar-refractivity contribution in [1.29, 1.82) is 0 Å². The van der Waals surface area contributed by atoms with Crippen LogP contribution in [0, 0.1) is 5.92 Å². The van der Waals surface area contributed by atoms with Gasteiger partial charge in [-0.2, -0.15) is 0 Å². The lowest BCUT2D eigenvalue weighted by molar-refractivity contribution is -0.133. The van der Waals surface area contributed by atoms with Gasteiger partial charge < -0.3 is 4.90 Å². The van der Waals surface area contributed by atoms with E-state index in [2.05, 4.69) is 29.8 Å². The van der Waals surface area contributed by atoms with E-state index >= 15 is 0 Å². The van der Waals surface area contributed by atoms with Crippen LogP contribution in [0.3, 0.4) is 0 Å². The van der Waals surface area contributed by atoms with E-state index in [1.165, 1.54) is 12.8 Å². The molecule has 14 heavy (non-hydrogen) atoms. The molecule has 0 spiro atoms. The zero-order valence-electron chi connectivity index (χ0n) is 9.51. The summed E-state index contributed by atoms with van der Waals surface area (Å²) in [5.74, 6) is 0.781. The van der Waals surface area contributed by atoms with Gasteiger partial charge in [0, 0.05) is 12.6 Å². The standard InChI is InChI=1S/C11H20BrNO/c1-8(2)7-13(9-5-6-9)10(14)11(3,4)12/h8-9H,5-7H2,1-4H3. The van der Waals surface area contributed by atoms with Crippen LogP contribution in [-0.4, -0.2) is 27.7 Å². The van der Waals surface area contributed by atoms with Crippen molar-refractivity contribution < 1.29 is 4.79 Å². The highest BCUT2D eigenvalue weighted by atomic mass is 79.9. The third-order valence-electron chi connectivity index (χ3n) is 2.32. The Kier molecular flexibility index (Phi) is 3.62. The van der Waals surface area contributed by atoms with Gasteiger partial charge in [-0.3, -0.25) is 4.79 Å². The van der Waals surface area contributed by atoms with Crippen LogP contribution in [0.4, 0.5) is 0 Å². The molecule has 0 atom stereocenters. The van der Waals surface area contributed by atoms with Crippen LogP contribution in [0.2, 0.25) is 0 Å². The van der Waals surface area contributed by atoms with Crippen LogP contribution in [0.1, 0.15) is 40.5 Å². The Morgan fingerprint density at radius 3 is 2.29 bits per heavy atom. The van der Waals surface area contributed by atoms with Crippen molar-refractivity contribution in [3.05, 3.63) is 0 Å². The number of rotatable bonds is 4. The first kappa shape index (κ1) is 12.0. The molecule has 0 aromatic rings. The molecule has 1 fully saturated rings. The average Bonchev–Trinajstić information content (AvgIpc) is 2.79. The summed E-state index contributed by atoms with van der Waals surface area (Å²) in [5, 5.41) is 0. The van der Waals surface area contributed by atoms with Gasteiger partial charge in [0.15, 0.2) is 0 Å². The summed E-state index contributed by atoms with van der Waals surface area (Å²) < 4.78 is -0.412. The molecule has 0 unspecified atom stereocenters. The molecule has 3 heteroatoms. The molecule has 1 saturated carbocycles. The molecule has 0 aliphatic heterocycles. The second-order valence-electron chi connectivity index (χ2n) is 5.05. The summed E-state index contributed by atoms with van der Waals surface area (Å²) in [6, 6.07) is 0.515. The molecule has 0 radical (unpaired) electrons. The maximum absolute atomic E-state index is 12.1. The van der Waals surface area contributed by atoms with Crippen LogP contribution in [0.15, 0.2) is 0 Å². The molecule has 0 heterocycles. The average molecular weight is 262 g/mol. The van der Waals surface area contributed by atoms with Crippen molar-refractivity contribution in [2.24, 2.45) is 5.92 Å². The molecule has 1 amide bonds. The van der Waals surface area contributed by atoms with E-state index in [-0.39, 0.29) is 5.91 Å². The van der Waals surface area contributed by atoms with Crippen LogP contribution in [0.25, 0.3) is 0 Å². The molecule has 0 N–H and O–H groups in total. The lowest BCUT2D eigenvalue weighted by Crippen LogP contribution is -2.44. The lowest BCUT2D eigenvalue weighted by atomic mass is 10.1. The first-order valence-corrected chi connectivity index (χ1v) is 6.11. The number of carbonyl (C=O) groups excluding carboxylic acids is 1. The number of hydrogen-bond acceptors (Lipinski definition) is 1. The smallest absolute Gasteiger partial charge is 0.239 e. The summed E-state index contributed by atoms with van der Waals surface area (Å²) in [7, 11) is 0. The van der Waals surface area contributed by atoms with Crippen molar-refractivity contribution in [2.45, 2.75) is 50.9 Å². The van der Waals surface area contributed by atoms with Gasteiger partial charge in [0.1, 0.15) is 0 Å². The van der Waals surface area contributed by atoms with Gasteiger partial charge in [0.05, 0.1) is 4.32 Å². The lowest BCUT2D eigenvalue weighted by Gasteiger charge is -2.29. The van der Waals surface area contributed by atoms with Crippen molar-refractivity contribution >= 4 is 21.8 Å². The maximum Gasteiger partial charge on any atom is 0.239 e. The number of halogens is 1. The van der Waals surface area contributed by atoms with Gasteiger partial charge in [-0.05, 0) is 32.6 Å². The molecule has 0 aromatic carbocycles. The molecule has 82 valence electrons. The van der Waals surface area contributed by atoms with Gasteiger partial charge in [0.25, 0.3) is 0 Å². The van der Waals surface area contributed by atoms with Crippen molar-refractivity contribution in [3.63, 3.8) is 0 Å². The first-order valence-electron chi connectivity index (χ1n) is 5.32. The fraction of sp³-hybridized carbons (Fsp3) is 0.909. The first-order chi connectivity index (χ1) is 6.32. The Morgan fingerprint density at radius 2 is 2.00 bits per heavy atom. The predicted molar refractivity (Wildman–Crippen MR) is 62.6 cm³/mol. The molecule has 1 aliphatic rings. The summed E-state index contributed by atoms with van der Waals surface area (Å²) in [6.45, 7) is 9.04. The highest BCUT2D eigenvalue weighted by Gasteiger charge is 2.38. The molecular formula is C11H20BrNO. The minimum Gasteiger partial charge on any atom is -0.338 e. The fourth-order valence-corrected chi connectivity index (χ4v) is 1.75.